The molecule has 2 aromatic heterocycles. The third kappa shape index (κ3) is 6.26. The molecule has 1 saturated heterocycles. The number of benzene rings is 1. The first kappa shape index (κ1) is 29.8. The van der Waals surface area contributed by atoms with Crippen molar-refractivity contribution in [3.63, 3.8) is 0 Å². The summed E-state index contributed by atoms with van der Waals surface area (Å²) < 4.78 is 53.2. The monoisotopic (exact) mass is 580 g/mol. The molecule has 1 aromatic carbocycles. The van der Waals surface area contributed by atoms with Crippen molar-refractivity contribution in [2.24, 2.45) is 0 Å². The summed E-state index contributed by atoms with van der Waals surface area (Å²) in [5, 5.41) is 16.4. The SMILES string of the molecule is CNc1nc(C)nc2c1ncn2[C@@H]1O[C@](C)(COP(=O)(N[C@@H](C)C(=O)OC(C)C)Oc2ccccc2)[C@@H](O)[C@H]1F. The zero-order valence-electron chi connectivity index (χ0n) is 23.1. The quantitative estimate of drug-likeness (QED) is 0.225. The van der Waals surface area contributed by atoms with Gasteiger partial charge in [0.25, 0.3) is 0 Å². The van der Waals surface area contributed by atoms with Gasteiger partial charge in [-0.1, -0.05) is 18.2 Å². The van der Waals surface area contributed by atoms with Crippen LogP contribution >= 0.6 is 7.75 Å². The number of hydrogen-bond acceptors (Lipinski definition) is 11. The highest BCUT2D eigenvalue weighted by Gasteiger charge is 2.55. The molecule has 0 bridgehead atoms. The number of esters is 1. The van der Waals surface area contributed by atoms with Crippen LogP contribution in [0.1, 0.15) is 39.7 Å². The van der Waals surface area contributed by atoms with Crippen LogP contribution in [0.2, 0.25) is 0 Å². The molecule has 0 saturated carbocycles. The number of halogens is 1. The summed E-state index contributed by atoms with van der Waals surface area (Å²) >= 11 is 0. The van der Waals surface area contributed by atoms with Crippen molar-refractivity contribution in [1.82, 2.24) is 24.6 Å². The van der Waals surface area contributed by atoms with Crippen molar-refractivity contribution in [3.05, 3.63) is 42.5 Å². The molecule has 4 rings (SSSR count). The largest absolute Gasteiger partial charge is 0.462 e. The molecule has 1 aliphatic heterocycles. The zero-order chi connectivity index (χ0) is 29.2. The second-order valence-electron chi connectivity index (χ2n) is 9.92. The molecule has 13 nitrogen and oxygen atoms in total. The molecule has 218 valence electrons. The van der Waals surface area contributed by atoms with Crippen molar-refractivity contribution >= 4 is 30.7 Å². The third-order valence-corrected chi connectivity index (χ3v) is 7.80. The Morgan fingerprint density at radius 1 is 1.27 bits per heavy atom. The van der Waals surface area contributed by atoms with Gasteiger partial charge in [-0.15, -0.1) is 0 Å². The summed E-state index contributed by atoms with van der Waals surface area (Å²) in [7, 11) is -2.61. The predicted octanol–water partition coefficient (Wildman–Crippen LogP) is 3.30. The number of fused-ring (bicyclic) bond motifs is 1. The molecule has 40 heavy (non-hydrogen) atoms. The highest BCUT2D eigenvalue weighted by atomic mass is 31.2. The van der Waals surface area contributed by atoms with E-state index in [4.69, 9.17) is 18.5 Å². The molecule has 3 aromatic rings. The van der Waals surface area contributed by atoms with Crippen molar-refractivity contribution < 1.29 is 37.4 Å². The summed E-state index contributed by atoms with van der Waals surface area (Å²) in [5.41, 5.74) is -0.970. The summed E-state index contributed by atoms with van der Waals surface area (Å²) in [6.07, 6.45) is -3.97. The Balaban J connectivity index is 1.57. The normalized spacial score (nSPS) is 25.1. The smallest absolute Gasteiger partial charge is 0.459 e. The van der Waals surface area contributed by atoms with E-state index >= 15 is 4.39 Å². The average Bonchev–Trinajstić information content (AvgIpc) is 3.41. The molecular formula is C25H34FN6O7P. The van der Waals surface area contributed by atoms with Crippen molar-refractivity contribution in [3.8, 4) is 5.75 Å². The minimum atomic E-state index is -4.28. The van der Waals surface area contributed by atoms with Crippen LogP contribution in [0.15, 0.2) is 36.7 Å². The maximum Gasteiger partial charge on any atom is 0.459 e. The number of aliphatic hydroxyl groups excluding tert-OH is 1. The Hall–Kier alpha value is -3.16. The Morgan fingerprint density at radius 2 is 1.98 bits per heavy atom. The number of imidazole rings is 1. The number of carbonyl (C=O) groups is 1. The highest BCUT2D eigenvalue weighted by Crippen LogP contribution is 2.48. The molecular weight excluding hydrogens is 546 g/mol. The minimum Gasteiger partial charge on any atom is -0.462 e. The van der Waals surface area contributed by atoms with Crippen molar-refractivity contribution in [2.75, 3.05) is 19.0 Å². The molecule has 1 fully saturated rings. The lowest BCUT2D eigenvalue weighted by Gasteiger charge is -2.30. The van der Waals surface area contributed by atoms with E-state index in [9.17, 15) is 14.5 Å². The standard InChI is InChI=1S/C25H34FN6O7P/c1-14(2)37-24(34)15(3)31-40(35,39-17-10-8-7-9-11-17)36-12-25(5)20(33)18(26)23(38-25)32-13-28-19-21(27-6)29-16(4)30-22(19)32/h7-11,13-15,18,20,23,33H,12H2,1-6H3,(H,31,35)(H,27,29,30)/t15-,18+,20-,23+,25+,40?/m0/s1. The fourth-order valence-corrected chi connectivity index (χ4v) is 5.75. The number of nitrogens with one attached hydrogen (secondary N) is 2. The van der Waals surface area contributed by atoms with Gasteiger partial charge in [0.2, 0.25) is 0 Å². The van der Waals surface area contributed by atoms with Gasteiger partial charge in [-0.2, -0.15) is 5.09 Å². The maximum absolute atomic E-state index is 15.5. The van der Waals surface area contributed by atoms with Crippen LogP contribution in [-0.2, 0) is 23.4 Å². The molecule has 15 heteroatoms. The average molecular weight is 581 g/mol. The van der Waals surface area contributed by atoms with Gasteiger partial charge in [-0.3, -0.25) is 13.9 Å². The van der Waals surface area contributed by atoms with Crippen LogP contribution in [0.5, 0.6) is 5.75 Å². The minimum absolute atomic E-state index is 0.197. The van der Waals surface area contributed by atoms with Crippen LogP contribution in [-0.4, -0.2) is 74.3 Å². The number of aromatic nitrogens is 4. The molecule has 0 spiro atoms. The van der Waals surface area contributed by atoms with Crippen LogP contribution in [0.4, 0.5) is 10.2 Å². The first-order valence-corrected chi connectivity index (χ1v) is 14.3. The van der Waals surface area contributed by atoms with E-state index in [0.29, 0.717) is 22.8 Å². The first-order chi connectivity index (χ1) is 18.9. The number of carbonyl (C=O) groups excluding carboxylic acids is 1. The van der Waals surface area contributed by atoms with Crippen LogP contribution in [0, 0.1) is 6.92 Å². The van der Waals surface area contributed by atoms with Gasteiger partial charge >= 0.3 is 13.7 Å². The highest BCUT2D eigenvalue weighted by molar-refractivity contribution is 7.52. The van der Waals surface area contributed by atoms with Gasteiger partial charge in [0, 0.05) is 7.05 Å². The lowest BCUT2D eigenvalue weighted by atomic mass is 9.99. The van der Waals surface area contributed by atoms with E-state index in [2.05, 4.69) is 25.4 Å². The molecule has 0 aliphatic carbocycles. The van der Waals surface area contributed by atoms with E-state index < -0.39 is 56.6 Å². The lowest BCUT2D eigenvalue weighted by Crippen LogP contribution is -2.44. The molecule has 1 aliphatic rings. The van der Waals surface area contributed by atoms with Crippen LogP contribution in [0.25, 0.3) is 11.2 Å². The lowest BCUT2D eigenvalue weighted by molar-refractivity contribution is -0.149. The van der Waals surface area contributed by atoms with Crippen molar-refractivity contribution in [2.45, 2.75) is 70.9 Å². The number of aryl methyl sites for hydroxylation is 1. The van der Waals surface area contributed by atoms with Gasteiger partial charge in [0.15, 0.2) is 29.4 Å². The molecule has 3 heterocycles. The summed E-state index contributed by atoms with van der Waals surface area (Å²) in [4.78, 5) is 25.3. The molecule has 3 N–H and O–H groups in total. The molecule has 0 amide bonds. The molecule has 0 radical (unpaired) electrons. The fourth-order valence-electron chi connectivity index (χ4n) is 4.17. The van der Waals surface area contributed by atoms with E-state index in [1.54, 1.807) is 58.2 Å². The fraction of sp³-hybridized carbons (Fsp3) is 0.520. The summed E-state index contributed by atoms with van der Waals surface area (Å²) in [5.74, 6) is 0.403. The van der Waals surface area contributed by atoms with Crippen LogP contribution in [0.3, 0.4) is 0 Å². The number of hydrogen-bond donors (Lipinski definition) is 3. The Labute approximate surface area is 231 Å². The number of aliphatic hydroxyl groups is 1. The predicted molar refractivity (Wildman–Crippen MR) is 143 cm³/mol. The van der Waals surface area contributed by atoms with Gasteiger partial charge in [0.05, 0.1) is 19.0 Å². The second-order valence-corrected chi connectivity index (χ2v) is 11.6. The Bertz CT molecular complexity index is 1390. The number of para-hydroxylation sites is 1. The van der Waals surface area contributed by atoms with Gasteiger partial charge in [-0.05, 0) is 46.8 Å². The molecule has 6 atom stereocenters. The number of nitrogens with zero attached hydrogens (tertiary/aromatic N) is 4. The third-order valence-electron chi connectivity index (χ3n) is 6.18. The second kappa shape index (κ2) is 11.8. The maximum atomic E-state index is 15.5. The van der Waals surface area contributed by atoms with Gasteiger partial charge in [0.1, 0.15) is 29.3 Å². The van der Waals surface area contributed by atoms with E-state index in [1.807, 2.05) is 0 Å². The van der Waals surface area contributed by atoms with Crippen molar-refractivity contribution in [1.29, 1.82) is 0 Å². The molecule has 1 unspecified atom stereocenters. The number of alkyl halides is 1. The van der Waals surface area contributed by atoms with E-state index in [0.717, 1.165) is 0 Å². The van der Waals surface area contributed by atoms with E-state index in [1.165, 1.54) is 24.7 Å². The summed E-state index contributed by atoms with van der Waals surface area (Å²) in [6, 6.07) is 7.10. The van der Waals surface area contributed by atoms with Crippen LogP contribution < -0.4 is 14.9 Å². The van der Waals surface area contributed by atoms with Gasteiger partial charge in [-0.25, -0.2) is 23.9 Å². The number of ether oxygens (including phenoxy) is 2. The summed E-state index contributed by atoms with van der Waals surface area (Å²) in [6.45, 7) is 7.35. The van der Waals surface area contributed by atoms with Gasteiger partial charge < -0.3 is 24.4 Å². The number of rotatable bonds is 11. The zero-order valence-corrected chi connectivity index (χ0v) is 24.0. The Kier molecular flexibility index (Phi) is 8.76. The number of anilines is 1. The topological polar surface area (TPSA) is 159 Å². The first-order valence-electron chi connectivity index (χ1n) is 12.7. The Morgan fingerprint density at radius 3 is 2.62 bits per heavy atom. The van der Waals surface area contributed by atoms with E-state index in [-0.39, 0.29) is 5.75 Å².